The number of sulfonamides is 1. The van der Waals surface area contributed by atoms with Crippen LogP contribution >= 0.6 is 0 Å². The third-order valence-electron chi connectivity index (χ3n) is 4.10. The molecule has 2 aromatic rings. The van der Waals surface area contributed by atoms with Crippen LogP contribution in [-0.2, 0) is 10.0 Å². The molecule has 134 valence electrons. The fraction of sp³-hybridized carbons (Fsp3) is 0.316. The first-order valence-corrected chi connectivity index (χ1v) is 9.76. The van der Waals surface area contributed by atoms with Crippen molar-refractivity contribution in [2.75, 3.05) is 17.8 Å². The normalized spacial score (nSPS) is 11.2. The Morgan fingerprint density at radius 3 is 2.16 bits per heavy atom. The molecule has 5 nitrogen and oxygen atoms in total. The summed E-state index contributed by atoms with van der Waals surface area (Å²) in [5, 5.41) is 0. The second-order valence-electron chi connectivity index (χ2n) is 5.93. The van der Waals surface area contributed by atoms with E-state index in [2.05, 4.69) is 4.72 Å². The lowest BCUT2D eigenvalue weighted by Crippen LogP contribution is -2.31. The first-order valence-electron chi connectivity index (χ1n) is 8.28. The molecule has 0 heterocycles. The first kappa shape index (κ1) is 19.0. The fourth-order valence-electron chi connectivity index (χ4n) is 2.52. The van der Waals surface area contributed by atoms with Crippen LogP contribution in [0.3, 0.4) is 0 Å². The van der Waals surface area contributed by atoms with Gasteiger partial charge in [-0.2, -0.15) is 0 Å². The predicted molar refractivity (Wildman–Crippen MR) is 100 cm³/mol. The monoisotopic (exact) mass is 360 g/mol. The van der Waals surface area contributed by atoms with Crippen molar-refractivity contribution in [1.29, 1.82) is 0 Å². The number of hydrogen-bond donors (Lipinski definition) is 1. The van der Waals surface area contributed by atoms with Gasteiger partial charge in [0.05, 0.1) is 4.90 Å². The molecule has 1 N–H and O–H groups in total. The standard InChI is InChI=1S/C19H24N2O3S/c1-5-21(6-2)19(22)18-13-17(12-9-15(18)4)25(23,24)20-16-10-7-14(3)8-11-16/h7-13,20H,5-6H2,1-4H3. The Morgan fingerprint density at radius 2 is 1.60 bits per heavy atom. The van der Waals surface area contributed by atoms with Crippen molar-refractivity contribution in [3.63, 3.8) is 0 Å². The van der Waals surface area contributed by atoms with E-state index in [4.69, 9.17) is 0 Å². The van der Waals surface area contributed by atoms with Crippen LogP contribution in [0.5, 0.6) is 0 Å². The van der Waals surface area contributed by atoms with Crippen LogP contribution in [0, 0.1) is 13.8 Å². The van der Waals surface area contributed by atoms with Crippen molar-refractivity contribution in [3.8, 4) is 0 Å². The zero-order valence-electron chi connectivity index (χ0n) is 15.0. The van der Waals surface area contributed by atoms with Gasteiger partial charge in [0.25, 0.3) is 15.9 Å². The highest BCUT2D eigenvalue weighted by Gasteiger charge is 2.20. The van der Waals surface area contributed by atoms with E-state index in [9.17, 15) is 13.2 Å². The van der Waals surface area contributed by atoms with Gasteiger partial charge in [0, 0.05) is 24.3 Å². The second kappa shape index (κ2) is 7.70. The Bertz CT molecular complexity index is 855. The summed E-state index contributed by atoms with van der Waals surface area (Å²) < 4.78 is 27.8. The lowest BCUT2D eigenvalue weighted by molar-refractivity contribution is 0.0772. The summed E-state index contributed by atoms with van der Waals surface area (Å²) in [6, 6.07) is 11.7. The van der Waals surface area contributed by atoms with Gasteiger partial charge in [-0.25, -0.2) is 8.42 Å². The van der Waals surface area contributed by atoms with Crippen LogP contribution in [0.25, 0.3) is 0 Å². The van der Waals surface area contributed by atoms with Crippen molar-refractivity contribution in [3.05, 3.63) is 59.2 Å². The molecule has 0 radical (unpaired) electrons. The number of nitrogens with one attached hydrogen (secondary N) is 1. The lowest BCUT2D eigenvalue weighted by atomic mass is 10.1. The number of rotatable bonds is 6. The highest BCUT2D eigenvalue weighted by Crippen LogP contribution is 2.20. The van der Waals surface area contributed by atoms with Crippen molar-refractivity contribution < 1.29 is 13.2 Å². The van der Waals surface area contributed by atoms with Crippen molar-refractivity contribution in [2.24, 2.45) is 0 Å². The molecule has 25 heavy (non-hydrogen) atoms. The first-order chi connectivity index (χ1) is 11.8. The Balaban J connectivity index is 2.37. The van der Waals surface area contributed by atoms with Crippen molar-refractivity contribution in [1.82, 2.24) is 4.90 Å². The highest BCUT2D eigenvalue weighted by atomic mass is 32.2. The topological polar surface area (TPSA) is 66.5 Å². The van der Waals surface area contributed by atoms with E-state index >= 15 is 0 Å². The number of amides is 1. The van der Waals surface area contributed by atoms with Gasteiger partial charge in [-0.15, -0.1) is 0 Å². The van der Waals surface area contributed by atoms with E-state index in [1.165, 1.54) is 12.1 Å². The lowest BCUT2D eigenvalue weighted by Gasteiger charge is -2.20. The number of nitrogens with zero attached hydrogens (tertiary/aromatic N) is 1. The molecule has 0 aliphatic heterocycles. The van der Waals surface area contributed by atoms with Gasteiger partial charge >= 0.3 is 0 Å². The number of carbonyl (C=O) groups is 1. The summed E-state index contributed by atoms with van der Waals surface area (Å²) >= 11 is 0. The molecule has 0 aromatic heterocycles. The zero-order valence-corrected chi connectivity index (χ0v) is 15.9. The Morgan fingerprint density at radius 1 is 1.00 bits per heavy atom. The minimum Gasteiger partial charge on any atom is -0.339 e. The molecule has 0 fully saturated rings. The Hall–Kier alpha value is -2.34. The van der Waals surface area contributed by atoms with E-state index in [-0.39, 0.29) is 10.8 Å². The average Bonchev–Trinajstić information content (AvgIpc) is 2.58. The molecule has 0 aliphatic rings. The molecule has 1 amide bonds. The summed E-state index contributed by atoms with van der Waals surface area (Å²) in [6.45, 7) is 8.69. The van der Waals surface area contributed by atoms with Crippen molar-refractivity contribution >= 4 is 21.6 Å². The van der Waals surface area contributed by atoms with Gasteiger partial charge in [0.15, 0.2) is 0 Å². The predicted octanol–water partition coefficient (Wildman–Crippen LogP) is 3.59. The molecule has 0 bridgehead atoms. The third-order valence-corrected chi connectivity index (χ3v) is 5.48. The molecule has 0 spiro atoms. The fourth-order valence-corrected chi connectivity index (χ4v) is 3.60. The molecular weight excluding hydrogens is 336 g/mol. The molecule has 0 aliphatic carbocycles. The molecule has 2 rings (SSSR count). The van der Waals surface area contributed by atoms with Gasteiger partial charge in [0.1, 0.15) is 0 Å². The van der Waals surface area contributed by atoms with Gasteiger partial charge in [0.2, 0.25) is 0 Å². The summed E-state index contributed by atoms with van der Waals surface area (Å²) in [6.07, 6.45) is 0. The van der Waals surface area contributed by atoms with Crippen LogP contribution in [0.2, 0.25) is 0 Å². The average molecular weight is 360 g/mol. The van der Waals surface area contributed by atoms with Crippen LogP contribution in [0.15, 0.2) is 47.4 Å². The maximum Gasteiger partial charge on any atom is 0.261 e. The van der Waals surface area contributed by atoms with E-state index in [1.54, 1.807) is 30.0 Å². The van der Waals surface area contributed by atoms with Gasteiger partial charge in [-0.05, 0) is 57.5 Å². The molecule has 6 heteroatoms. The molecule has 0 saturated carbocycles. The summed E-state index contributed by atoms with van der Waals surface area (Å²) in [5.74, 6) is -0.158. The third kappa shape index (κ3) is 4.39. The molecule has 2 aromatic carbocycles. The van der Waals surface area contributed by atoms with Gasteiger partial charge < -0.3 is 4.90 Å². The molecule has 0 unspecified atom stereocenters. The van der Waals surface area contributed by atoms with Crippen LogP contribution in [0.4, 0.5) is 5.69 Å². The quantitative estimate of drug-likeness (QED) is 0.856. The number of hydrogen-bond acceptors (Lipinski definition) is 3. The smallest absolute Gasteiger partial charge is 0.261 e. The van der Waals surface area contributed by atoms with E-state index in [0.29, 0.717) is 24.3 Å². The number of benzene rings is 2. The Labute approximate surface area is 149 Å². The molecular formula is C19H24N2O3S. The number of aryl methyl sites for hydroxylation is 2. The maximum absolute atomic E-state index is 12.6. The van der Waals surface area contributed by atoms with Crippen LogP contribution in [0.1, 0.15) is 35.3 Å². The van der Waals surface area contributed by atoms with E-state index < -0.39 is 10.0 Å². The van der Waals surface area contributed by atoms with E-state index in [1.807, 2.05) is 32.9 Å². The summed E-state index contributed by atoms with van der Waals surface area (Å²) in [4.78, 5) is 14.4. The Kier molecular flexibility index (Phi) is 5.85. The zero-order chi connectivity index (χ0) is 18.6. The van der Waals surface area contributed by atoms with Crippen LogP contribution in [-0.4, -0.2) is 32.3 Å². The second-order valence-corrected chi connectivity index (χ2v) is 7.61. The van der Waals surface area contributed by atoms with Crippen LogP contribution < -0.4 is 4.72 Å². The van der Waals surface area contributed by atoms with Gasteiger partial charge in [-0.1, -0.05) is 23.8 Å². The van der Waals surface area contributed by atoms with Gasteiger partial charge in [-0.3, -0.25) is 9.52 Å². The van der Waals surface area contributed by atoms with Crippen molar-refractivity contribution in [2.45, 2.75) is 32.6 Å². The highest BCUT2D eigenvalue weighted by molar-refractivity contribution is 7.92. The molecule has 0 saturated heterocycles. The SMILES string of the molecule is CCN(CC)C(=O)c1cc(S(=O)(=O)Nc2ccc(C)cc2)ccc1C. The van der Waals surface area contributed by atoms with E-state index in [0.717, 1.165) is 11.1 Å². The minimum absolute atomic E-state index is 0.0779. The molecule has 0 atom stereocenters. The largest absolute Gasteiger partial charge is 0.339 e. The summed E-state index contributed by atoms with van der Waals surface area (Å²) in [7, 11) is -3.76. The number of carbonyl (C=O) groups excluding carboxylic acids is 1. The summed E-state index contributed by atoms with van der Waals surface area (Å²) in [5.41, 5.74) is 2.70. The maximum atomic E-state index is 12.6. The minimum atomic E-state index is -3.76. The number of anilines is 1.